The molecule has 0 bridgehead atoms. The summed E-state index contributed by atoms with van der Waals surface area (Å²) in [6, 6.07) is 5.81. The molecule has 1 heterocycles. The van der Waals surface area contributed by atoms with Crippen molar-refractivity contribution in [3.05, 3.63) is 28.8 Å². The lowest BCUT2D eigenvalue weighted by molar-refractivity contribution is 0.0986. The van der Waals surface area contributed by atoms with E-state index in [-0.39, 0.29) is 5.54 Å². The highest BCUT2D eigenvalue weighted by atomic mass is 35.5. The quantitative estimate of drug-likeness (QED) is 0.804. The Kier molecular flexibility index (Phi) is 6.07. The van der Waals surface area contributed by atoms with Crippen molar-refractivity contribution in [3.63, 3.8) is 0 Å². The standard InChI is InChI=1S/C17H26ClN3S/c1-13-14(18)8-7-9-15(13)20-16(22)19-12-17(2,3)21-10-5-4-6-11-21/h7-9H,4-6,10-12H2,1-3H3,(H2,19,20,22). The van der Waals surface area contributed by atoms with Gasteiger partial charge in [0.25, 0.3) is 0 Å². The van der Waals surface area contributed by atoms with Gasteiger partial charge in [0.15, 0.2) is 5.11 Å². The molecule has 3 nitrogen and oxygen atoms in total. The van der Waals surface area contributed by atoms with E-state index >= 15 is 0 Å². The lowest BCUT2D eigenvalue weighted by Gasteiger charge is -2.41. The van der Waals surface area contributed by atoms with Gasteiger partial charge in [0.2, 0.25) is 0 Å². The Morgan fingerprint density at radius 2 is 1.95 bits per heavy atom. The van der Waals surface area contributed by atoms with E-state index < -0.39 is 0 Å². The van der Waals surface area contributed by atoms with Gasteiger partial charge < -0.3 is 10.6 Å². The van der Waals surface area contributed by atoms with Gasteiger partial charge in [-0.15, -0.1) is 0 Å². The van der Waals surface area contributed by atoms with Crippen LogP contribution in [-0.2, 0) is 0 Å². The molecule has 22 heavy (non-hydrogen) atoms. The van der Waals surface area contributed by atoms with E-state index in [9.17, 15) is 0 Å². The minimum Gasteiger partial charge on any atom is -0.361 e. The molecule has 0 spiro atoms. The van der Waals surface area contributed by atoms with E-state index in [1.807, 2.05) is 25.1 Å². The zero-order valence-corrected chi connectivity index (χ0v) is 15.3. The maximum Gasteiger partial charge on any atom is 0.170 e. The van der Waals surface area contributed by atoms with Crippen molar-refractivity contribution in [2.24, 2.45) is 0 Å². The number of hydrogen-bond donors (Lipinski definition) is 2. The summed E-state index contributed by atoms with van der Waals surface area (Å²) in [5.74, 6) is 0. The molecule has 0 saturated carbocycles. The van der Waals surface area contributed by atoms with Gasteiger partial charge >= 0.3 is 0 Å². The second-order valence-corrected chi connectivity index (χ2v) is 7.40. The number of rotatable bonds is 4. The molecule has 0 aliphatic carbocycles. The summed E-state index contributed by atoms with van der Waals surface area (Å²) in [5.41, 5.74) is 2.08. The number of nitrogens with zero attached hydrogens (tertiary/aromatic N) is 1. The van der Waals surface area contributed by atoms with Gasteiger partial charge in [0.05, 0.1) is 0 Å². The predicted octanol–water partition coefficient (Wildman–Crippen LogP) is 4.20. The van der Waals surface area contributed by atoms with Crippen LogP contribution in [0.4, 0.5) is 5.69 Å². The van der Waals surface area contributed by atoms with Crippen LogP contribution in [0, 0.1) is 6.92 Å². The summed E-state index contributed by atoms with van der Waals surface area (Å²) in [5, 5.41) is 7.99. The average Bonchev–Trinajstić information content (AvgIpc) is 2.51. The fraction of sp³-hybridized carbons (Fsp3) is 0.588. The summed E-state index contributed by atoms with van der Waals surface area (Å²) in [7, 11) is 0. The first-order valence-corrected chi connectivity index (χ1v) is 8.74. The van der Waals surface area contributed by atoms with E-state index in [2.05, 4.69) is 29.4 Å². The highest BCUT2D eigenvalue weighted by Crippen LogP contribution is 2.23. The van der Waals surface area contributed by atoms with Crippen LogP contribution < -0.4 is 10.6 Å². The van der Waals surface area contributed by atoms with Crippen LogP contribution >= 0.6 is 23.8 Å². The molecule has 1 aliphatic heterocycles. The SMILES string of the molecule is Cc1c(Cl)cccc1NC(=S)NCC(C)(C)N1CCCCC1. The number of piperidine rings is 1. The lowest BCUT2D eigenvalue weighted by atomic mass is 9.98. The molecule has 0 radical (unpaired) electrons. The second-order valence-electron chi connectivity index (χ2n) is 6.58. The van der Waals surface area contributed by atoms with Gasteiger partial charge in [-0.3, -0.25) is 4.90 Å². The molecule has 0 amide bonds. The number of hydrogen-bond acceptors (Lipinski definition) is 2. The van der Waals surface area contributed by atoms with Crippen molar-refractivity contribution in [2.45, 2.75) is 45.6 Å². The van der Waals surface area contributed by atoms with Crippen LogP contribution in [0.3, 0.4) is 0 Å². The molecule has 0 atom stereocenters. The molecular weight excluding hydrogens is 314 g/mol. The molecule has 122 valence electrons. The highest BCUT2D eigenvalue weighted by Gasteiger charge is 2.27. The average molecular weight is 340 g/mol. The minimum absolute atomic E-state index is 0.107. The van der Waals surface area contributed by atoms with Crippen LogP contribution in [0.1, 0.15) is 38.7 Å². The van der Waals surface area contributed by atoms with Crippen molar-refractivity contribution in [3.8, 4) is 0 Å². The molecule has 1 saturated heterocycles. The van der Waals surface area contributed by atoms with Crippen molar-refractivity contribution >= 4 is 34.6 Å². The predicted molar refractivity (Wildman–Crippen MR) is 99.9 cm³/mol. The summed E-state index contributed by atoms with van der Waals surface area (Å²) < 4.78 is 0. The summed E-state index contributed by atoms with van der Waals surface area (Å²) in [6.07, 6.45) is 3.95. The Morgan fingerprint density at radius 1 is 1.27 bits per heavy atom. The van der Waals surface area contributed by atoms with Crippen LogP contribution in [0.25, 0.3) is 0 Å². The number of halogens is 1. The lowest BCUT2D eigenvalue weighted by Crippen LogP contribution is -2.53. The molecule has 0 aromatic heterocycles. The highest BCUT2D eigenvalue weighted by molar-refractivity contribution is 7.80. The monoisotopic (exact) mass is 339 g/mol. The smallest absolute Gasteiger partial charge is 0.170 e. The Hall–Kier alpha value is -0.840. The number of nitrogens with one attached hydrogen (secondary N) is 2. The topological polar surface area (TPSA) is 27.3 Å². The van der Waals surface area contributed by atoms with Gasteiger partial charge in [-0.2, -0.15) is 0 Å². The van der Waals surface area contributed by atoms with E-state index in [1.165, 1.54) is 32.4 Å². The zero-order valence-electron chi connectivity index (χ0n) is 13.7. The normalized spacial score (nSPS) is 16.4. The van der Waals surface area contributed by atoms with Gasteiger partial charge in [-0.05, 0) is 76.6 Å². The zero-order chi connectivity index (χ0) is 16.2. The molecule has 1 fully saturated rings. The first-order chi connectivity index (χ1) is 10.4. The largest absolute Gasteiger partial charge is 0.361 e. The Balaban J connectivity index is 1.88. The molecule has 1 aromatic rings. The Bertz CT molecular complexity index is 525. The third-order valence-electron chi connectivity index (χ3n) is 4.41. The second kappa shape index (κ2) is 7.62. The molecule has 1 aliphatic rings. The Labute approximate surface area is 144 Å². The van der Waals surface area contributed by atoms with Crippen molar-refractivity contribution in [2.75, 3.05) is 25.0 Å². The van der Waals surface area contributed by atoms with Crippen molar-refractivity contribution in [1.82, 2.24) is 10.2 Å². The van der Waals surface area contributed by atoms with Crippen LogP contribution in [0.5, 0.6) is 0 Å². The third-order valence-corrected chi connectivity index (χ3v) is 5.07. The third kappa shape index (κ3) is 4.58. The number of thiocarbonyl (C=S) groups is 1. The van der Waals surface area contributed by atoms with Crippen molar-refractivity contribution in [1.29, 1.82) is 0 Å². The fourth-order valence-electron chi connectivity index (χ4n) is 2.82. The first kappa shape index (κ1) is 17.5. The number of anilines is 1. The van der Waals surface area contributed by atoms with Crippen molar-refractivity contribution < 1.29 is 0 Å². The maximum atomic E-state index is 6.14. The Morgan fingerprint density at radius 3 is 2.64 bits per heavy atom. The summed E-state index contributed by atoms with van der Waals surface area (Å²) >= 11 is 11.6. The minimum atomic E-state index is 0.107. The van der Waals surface area contributed by atoms with E-state index in [1.54, 1.807) is 0 Å². The molecule has 2 N–H and O–H groups in total. The summed E-state index contributed by atoms with van der Waals surface area (Å²) in [4.78, 5) is 2.55. The summed E-state index contributed by atoms with van der Waals surface area (Å²) in [6.45, 7) is 9.74. The van der Waals surface area contributed by atoms with Gasteiger partial charge in [0.1, 0.15) is 0 Å². The molecule has 5 heteroatoms. The molecular formula is C17H26ClN3S. The number of benzene rings is 1. The maximum absolute atomic E-state index is 6.14. The van der Waals surface area contributed by atoms with E-state index in [0.29, 0.717) is 5.11 Å². The molecule has 0 unspecified atom stereocenters. The van der Waals surface area contributed by atoms with Crippen LogP contribution in [0.15, 0.2) is 18.2 Å². The van der Waals surface area contributed by atoms with E-state index in [0.717, 1.165) is 22.8 Å². The van der Waals surface area contributed by atoms with Crippen LogP contribution in [0.2, 0.25) is 5.02 Å². The first-order valence-electron chi connectivity index (χ1n) is 7.95. The van der Waals surface area contributed by atoms with Gasteiger partial charge in [0, 0.05) is 22.8 Å². The van der Waals surface area contributed by atoms with Gasteiger partial charge in [-0.1, -0.05) is 24.1 Å². The van der Waals surface area contributed by atoms with Crippen LogP contribution in [-0.4, -0.2) is 35.2 Å². The fourth-order valence-corrected chi connectivity index (χ4v) is 3.17. The molecule has 2 rings (SSSR count). The van der Waals surface area contributed by atoms with E-state index in [4.69, 9.17) is 23.8 Å². The molecule has 1 aromatic carbocycles. The van der Waals surface area contributed by atoms with Gasteiger partial charge in [-0.25, -0.2) is 0 Å². The number of likely N-dealkylation sites (tertiary alicyclic amines) is 1.